The van der Waals surface area contributed by atoms with Crippen molar-refractivity contribution in [2.45, 2.75) is 71.3 Å². The lowest BCUT2D eigenvalue weighted by atomic mass is 9.44. The fourth-order valence-electron chi connectivity index (χ4n) is 7.51. The SMILES string of the molecule is C[C@]12CC[C@H]3[C@@H](CC[C@H]4C[C@@H](O)CC[C@@]43C)[C@@H]1CCN(C(=O)CO)C2. The fourth-order valence-corrected chi connectivity index (χ4v) is 7.51. The topological polar surface area (TPSA) is 60.8 Å². The van der Waals surface area contributed by atoms with Crippen LogP contribution in [-0.2, 0) is 4.79 Å². The number of likely N-dealkylation sites (tertiary alicyclic amines) is 1. The van der Waals surface area contributed by atoms with Crippen LogP contribution in [0.3, 0.4) is 0 Å². The molecule has 0 aromatic heterocycles. The van der Waals surface area contributed by atoms with Gasteiger partial charge in [0.05, 0.1) is 6.10 Å². The number of aliphatic hydroxyl groups excluding tert-OH is 2. The molecule has 0 spiro atoms. The van der Waals surface area contributed by atoms with Gasteiger partial charge in [0.15, 0.2) is 0 Å². The van der Waals surface area contributed by atoms with Crippen LogP contribution in [0.15, 0.2) is 0 Å². The molecule has 7 atom stereocenters. The molecule has 1 amide bonds. The van der Waals surface area contributed by atoms with Crippen molar-refractivity contribution in [3.63, 3.8) is 0 Å². The smallest absolute Gasteiger partial charge is 0.248 e. The molecule has 3 saturated carbocycles. The Labute approximate surface area is 152 Å². The first-order valence-electron chi connectivity index (χ1n) is 10.4. The van der Waals surface area contributed by atoms with E-state index in [1.54, 1.807) is 0 Å². The predicted molar refractivity (Wildman–Crippen MR) is 96.8 cm³/mol. The highest BCUT2D eigenvalue weighted by atomic mass is 16.3. The van der Waals surface area contributed by atoms with Crippen molar-refractivity contribution in [2.75, 3.05) is 19.7 Å². The van der Waals surface area contributed by atoms with E-state index in [9.17, 15) is 15.0 Å². The number of hydrogen-bond acceptors (Lipinski definition) is 3. The molecule has 2 N–H and O–H groups in total. The highest BCUT2D eigenvalue weighted by molar-refractivity contribution is 5.77. The number of fused-ring (bicyclic) bond motifs is 5. The molecular weight excluding hydrogens is 314 g/mol. The van der Waals surface area contributed by atoms with Gasteiger partial charge in [0, 0.05) is 13.1 Å². The van der Waals surface area contributed by atoms with E-state index in [4.69, 9.17) is 0 Å². The molecule has 0 aromatic rings. The zero-order chi connectivity index (χ0) is 17.8. The monoisotopic (exact) mass is 349 g/mol. The second-order valence-electron chi connectivity index (χ2n) is 10.0. The molecule has 4 heteroatoms. The molecule has 1 heterocycles. The number of carbonyl (C=O) groups is 1. The van der Waals surface area contributed by atoms with E-state index in [1.165, 1.54) is 32.1 Å². The first-order valence-corrected chi connectivity index (χ1v) is 10.4. The summed E-state index contributed by atoms with van der Waals surface area (Å²) in [6.07, 6.45) is 9.30. The first kappa shape index (κ1) is 17.8. The Kier molecular flexibility index (Phi) is 4.43. The number of piperidine rings is 1. The molecule has 142 valence electrons. The molecule has 1 saturated heterocycles. The van der Waals surface area contributed by atoms with Crippen LogP contribution < -0.4 is 0 Å². The Balaban J connectivity index is 1.55. The molecule has 0 aromatic carbocycles. The van der Waals surface area contributed by atoms with Gasteiger partial charge in [-0.1, -0.05) is 13.8 Å². The van der Waals surface area contributed by atoms with Gasteiger partial charge in [-0.15, -0.1) is 0 Å². The van der Waals surface area contributed by atoms with Crippen LogP contribution in [0.4, 0.5) is 0 Å². The van der Waals surface area contributed by atoms with E-state index in [0.29, 0.717) is 11.3 Å². The molecule has 4 rings (SSSR count). The van der Waals surface area contributed by atoms with Crippen molar-refractivity contribution in [1.29, 1.82) is 0 Å². The lowest BCUT2D eigenvalue weighted by Crippen LogP contribution is -2.59. The summed E-state index contributed by atoms with van der Waals surface area (Å²) < 4.78 is 0. The van der Waals surface area contributed by atoms with Gasteiger partial charge >= 0.3 is 0 Å². The minimum absolute atomic E-state index is 0.0729. The summed E-state index contributed by atoms with van der Waals surface area (Å²) in [4.78, 5) is 13.9. The molecule has 0 bridgehead atoms. The molecular formula is C21H35NO3. The predicted octanol–water partition coefficient (Wildman–Crippen LogP) is 2.82. The summed E-state index contributed by atoms with van der Waals surface area (Å²) in [5, 5.41) is 19.4. The second-order valence-corrected chi connectivity index (χ2v) is 10.0. The van der Waals surface area contributed by atoms with Crippen molar-refractivity contribution in [1.82, 2.24) is 4.90 Å². The maximum atomic E-state index is 12.0. The molecule has 4 fully saturated rings. The summed E-state index contributed by atoms with van der Waals surface area (Å²) in [5.41, 5.74) is 0.642. The molecule has 0 radical (unpaired) electrons. The standard InChI is InChI=1S/C21H35NO3/c1-20-8-6-18-16(17(20)7-10-22(13-20)19(25)12-23)4-3-14-11-15(24)5-9-21(14,18)2/h14-18,23-24H,3-13H2,1-2H3/t14-,15-,16-,17-,18-,20+,21-/m0/s1. The average molecular weight is 350 g/mol. The number of aliphatic hydroxyl groups is 2. The van der Waals surface area contributed by atoms with E-state index >= 15 is 0 Å². The van der Waals surface area contributed by atoms with Crippen molar-refractivity contribution in [3.05, 3.63) is 0 Å². The minimum Gasteiger partial charge on any atom is -0.393 e. The van der Waals surface area contributed by atoms with Gasteiger partial charge in [0.2, 0.25) is 5.91 Å². The van der Waals surface area contributed by atoms with Crippen LogP contribution in [0, 0.1) is 34.5 Å². The average Bonchev–Trinajstić information content (AvgIpc) is 2.60. The first-order chi connectivity index (χ1) is 11.9. The molecule has 4 aliphatic rings. The van der Waals surface area contributed by atoms with Crippen molar-refractivity contribution in [2.24, 2.45) is 34.5 Å². The normalized spacial score (nSPS) is 49.8. The Morgan fingerprint density at radius 1 is 1.08 bits per heavy atom. The van der Waals surface area contributed by atoms with E-state index in [0.717, 1.165) is 50.1 Å². The van der Waals surface area contributed by atoms with E-state index in [1.807, 2.05) is 4.90 Å². The zero-order valence-electron chi connectivity index (χ0n) is 15.9. The lowest BCUT2D eigenvalue weighted by Gasteiger charge is -2.63. The quantitative estimate of drug-likeness (QED) is 0.765. The minimum atomic E-state index is -0.352. The summed E-state index contributed by atoms with van der Waals surface area (Å²) in [7, 11) is 0. The highest BCUT2D eigenvalue weighted by Crippen LogP contribution is 2.64. The van der Waals surface area contributed by atoms with E-state index in [2.05, 4.69) is 13.8 Å². The number of amides is 1. The number of hydrogen-bond donors (Lipinski definition) is 2. The van der Waals surface area contributed by atoms with Gasteiger partial charge < -0.3 is 15.1 Å². The maximum absolute atomic E-state index is 12.0. The fraction of sp³-hybridized carbons (Fsp3) is 0.952. The summed E-state index contributed by atoms with van der Waals surface area (Å²) in [6, 6.07) is 0. The Morgan fingerprint density at radius 3 is 2.64 bits per heavy atom. The lowest BCUT2D eigenvalue weighted by molar-refractivity contribution is -0.157. The molecule has 4 nitrogen and oxygen atoms in total. The number of carbonyl (C=O) groups excluding carboxylic acids is 1. The van der Waals surface area contributed by atoms with Crippen molar-refractivity contribution < 1.29 is 15.0 Å². The molecule has 1 aliphatic heterocycles. The Bertz CT molecular complexity index is 537. The van der Waals surface area contributed by atoms with Crippen LogP contribution >= 0.6 is 0 Å². The molecule has 3 aliphatic carbocycles. The van der Waals surface area contributed by atoms with Crippen LogP contribution in [-0.4, -0.2) is 46.8 Å². The Morgan fingerprint density at radius 2 is 1.88 bits per heavy atom. The third-order valence-corrected chi connectivity index (χ3v) is 8.91. The largest absolute Gasteiger partial charge is 0.393 e. The van der Waals surface area contributed by atoms with Gasteiger partial charge in [0.25, 0.3) is 0 Å². The third-order valence-electron chi connectivity index (χ3n) is 8.91. The van der Waals surface area contributed by atoms with Gasteiger partial charge in [-0.3, -0.25) is 4.79 Å². The van der Waals surface area contributed by atoms with E-state index < -0.39 is 0 Å². The Hall–Kier alpha value is -0.610. The van der Waals surface area contributed by atoms with Gasteiger partial charge in [-0.05, 0) is 85.9 Å². The molecule has 25 heavy (non-hydrogen) atoms. The van der Waals surface area contributed by atoms with Crippen molar-refractivity contribution >= 4 is 5.91 Å². The number of rotatable bonds is 1. The maximum Gasteiger partial charge on any atom is 0.248 e. The second kappa shape index (κ2) is 6.23. The van der Waals surface area contributed by atoms with Gasteiger partial charge in [-0.2, -0.15) is 0 Å². The summed E-state index contributed by atoms with van der Waals surface area (Å²) in [5.74, 6) is 2.92. The summed E-state index contributed by atoms with van der Waals surface area (Å²) >= 11 is 0. The van der Waals surface area contributed by atoms with Gasteiger partial charge in [-0.25, -0.2) is 0 Å². The van der Waals surface area contributed by atoms with Crippen LogP contribution in [0.25, 0.3) is 0 Å². The van der Waals surface area contributed by atoms with Gasteiger partial charge in [0.1, 0.15) is 6.61 Å². The highest BCUT2D eigenvalue weighted by Gasteiger charge is 2.57. The van der Waals surface area contributed by atoms with Crippen LogP contribution in [0.1, 0.15) is 65.2 Å². The summed E-state index contributed by atoms with van der Waals surface area (Å²) in [6.45, 7) is 6.22. The zero-order valence-corrected chi connectivity index (χ0v) is 15.9. The van der Waals surface area contributed by atoms with Crippen molar-refractivity contribution in [3.8, 4) is 0 Å². The number of nitrogens with zero attached hydrogens (tertiary/aromatic N) is 1. The van der Waals surface area contributed by atoms with Crippen LogP contribution in [0.5, 0.6) is 0 Å². The molecule has 0 unspecified atom stereocenters. The third kappa shape index (κ3) is 2.75. The van der Waals surface area contributed by atoms with Crippen LogP contribution in [0.2, 0.25) is 0 Å². The van der Waals surface area contributed by atoms with E-state index in [-0.39, 0.29) is 24.0 Å².